The van der Waals surface area contributed by atoms with Gasteiger partial charge in [0.05, 0.1) is 18.5 Å². The Balaban J connectivity index is 2.29. The van der Waals surface area contributed by atoms with Gasteiger partial charge in [-0.1, -0.05) is 26.2 Å². The summed E-state index contributed by atoms with van der Waals surface area (Å²) in [4.78, 5) is 0. The average Bonchev–Trinajstić information content (AvgIpc) is 2.44. The van der Waals surface area contributed by atoms with Crippen LogP contribution >= 0.6 is 0 Å². The molecule has 1 aliphatic carbocycles. The molecule has 0 aliphatic heterocycles. The van der Waals surface area contributed by atoms with Crippen LogP contribution in [-0.4, -0.2) is 38.7 Å². The van der Waals surface area contributed by atoms with Gasteiger partial charge in [-0.2, -0.15) is 0 Å². The highest BCUT2D eigenvalue weighted by atomic mass is 32.2. The molecule has 0 bridgehead atoms. The van der Waals surface area contributed by atoms with Crippen LogP contribution in [0.15, 0.2) is 0 Å². The normalized spacial score (nSPS) is 26.7. The minimum atomic E-state index is -2.92. The summed E-state index contributed by atoms with van der Waals surface area (Å²) in [6.07, 6.45) is 6.19. The average molecular weight is 263 g/mol. The summed E-state index contributed by atoms with van der Waals surface area (Å²) in [5.74, 6) is 0.386. The summed E-state index contributed by atoms with van der Waals surface area (Å²) in [6, 6.07) is 0.0754. The number of sulfone groups is 1. The summed E-state index contributed by atoms with van der Waals surface area (Å²) >= 11 is 0. The SMILES string of the molecule is CCCS(=O)(=O)CCOC1CCCCCC1N. The molecule has 17 heavy (non-hydrogen) atoms. The van der Waals surface area contributed by atoms with E-state index in [9.17, 15) is 8.42 Å². The minimum absolute atomic E-state index is 0.0503. The predicted octanol–water partition coefficient (Wildman–Crippen LogP) is 1.49. The quantitative estimate of drug-likeness (QED) is 0.737. The fourth-order valence-corrected chi connectivity index (χ4v) is 3.43. The van der Waals surface area contributed by atoms with Crippen LogP contribution < -0.4 is 5.73 Å². The first-order chi connectivity index (χ1) is 8.05. The molecule has 0 aromatic rings. The van der Waals surface area contributed by atoms with Crippen LogP contribution in [0.4, 0.5) is 0 Å². The van der Waals surface area contributed by atoms with Crippen molar-refractivity contribution < 1.29 is 13.2 Å². The van der Waals surface area contributed by atoms with Crippen LogP contribution in [0.3, 0.4) is 0 Å². The van der Waals surface area contributed by atoms with Crippen molar-refractivity contribution in [1.82, 2.24) is 0 Å². The third kappa shape index (κ3) is 5.84. The van der Waals surface area contributed by atoms with Gasteiger partial charge in [0.15, 0.2) is 9.84 Å². The lowest BCUT2D eigenvalue weighted by atomic mass is 10.1. The van der Waals surface area contributed by atoms with E-state index in [4.69, 9.17) is 10.5 Å². The Kier molecular flexibility index (Phi) is 6.44. The lowest BCUT2D eigenvalue weighted by Gasteiger charge is -2.21. The zero-order valence-corrected chi connectivity index (χ0v) is 11.5. The Morgan fingerprint density at radius 2 is 1.88 bits per heavy atom. The van der Waals surface area contributed by atoms with Crippen molar-refractivity contribution >= 4 is 9.84 Å². The fourth-order valence-electron chi connectivity index (χ4n) is 2.25. The molecule has 2 N–H and O–H groups in total. The van der Waals surface area contributed by atoms with Crippen LogP contribution in [0.2, 0.25) is 0 Å². The summed E-state index contributed by atoms with van der Waals surface area (Å²) in [5.41, 5.74) is 6.01. The van der Waals surface area contributed by atoms with Gasteiger partial charge in [0, 0.05) is 11.8 Å². The second-order valence-electron chi connectivity index (χ2n) is 4.86. The van der Waals surface area contributed by atoms with Crippen molar-refractivity contribution in [2.24, 2.45) is 5.73 Å². The number of hydrogen-bond acceptors (Lipinski definition) is 4. The van der Waals surface area contributed by atoms with E-state index in [0.717, 1.165) is 25.7 Å². The van der Waals surface area contributed by atoms with Crippen molar-refractivity contribution in [2.45, 2.75) is 57.6 Å². The third-order valence-electron chi connectivity index (χ3n) is 3.25. The molecule has 0 aromatic heterocycles. The van der Waals surface area contributed by atoms with Gasteiger partial charge < -0.3 is 10.5 Å². The second kappa shape index (κ2) is 7.34. The van der Waals surface area contributed by atoms with E-state index in [2.05, 4.69) is 0 Å². The zero-order valence-electron chi connectivity index (χ0n) is 10.7. The van der Waals surface area contributed by atoms with Gasteiger partial charge in [0.2, 0.25) is 0 Å². The van der Waals surface area contributed by atoms with E-state index >= 15 is 0 Å². The predicted molar refractivity (Wildman–Crippen MR) is 69.7 cm³/mol. The first kappa shape index (κ1) is 14.9. The van der Waals surface area contributed by atoms with Crippen molar-refractivity contribution in [2.75, 3.05) is 18.1 Å². The highest BCUT2D eigenvalue weighted by Gasteiger charge is 2.21. The molecule has 0 saturated heterocycles. The highest BCUT2D eigenvalue weighted by Crippen LogP contribution is 2.19. The Bertz CT molecular complexity index is 303. The van der Waals surface area contributed by atoms with E-state index in [1.807, 2.05) is 6.92 Å². The summed E-state index contributed by atoms with van der Waals surface area (Å²) in [5, 5.41) is 0. The summed E-state index contributed by atoms with van der Waals surface area (Å²) in [6.45, 7) is 2.17. The zero-order chi connectivity index (χ0) is 12.7. The molecule has 0 aromatic carbocycles. The van der Waals surface area contributed by atoms with Crippen LogP contribution in [0.1, 0.15) is 45.4 Å². The Labute approximate surface area is 105 Å². The molecule has 5 heteroatoms. The van der Waals surface area contributed by atoms with Crippen molar-refractivity contribution in [3.63, 3.8) is 0 Å². The summed E-state index contributed by atoms with van der Waals surface area (Å²) < 4.78 is 28.7. The minimum Gasteiger partial charge on any atom is -0.376 e. The number of nitrogens with two attached hydrogens (primary N) is 1. The van der Waals surface area contributed by atoms with Crippen LogP contribution in [-0.2, 0) is 14.6 Å². The molecule has 0 radical (unpaired) electrons. The first-order valence-electron chi connectivity index (χ1n) is 6.63. The van der Waals surface area contributed by atoms with Gasteiger partial charge in [0.1, 0.15) is 0 Å². The molecule has 4 nitrogen and oxygen atoms in total. The highest BCUT2D eigenvalue weighted by molar-refractivity contribution is 7.91. The Morgan fingerprint density at radius 3 is 2.59 bits per heavy atom. The second-order valence-corrected chi connectivity index (χ2v) is 7.17. The molecule has 2 atom stereocenters. The molecule has 1 saturated carbocycles. The maximum Gasteiger partial charge on any atom is 0.152 e. The van der Waals surface area contributed by atoms with Gasteiger partial charge >= 0.3 is 0 Å². The van der Waals surface area contributed by atoms with Gasteiger partial charge in [-0.3, -0.25) is 0 Å². The largest absolute Gasteiger partial charge is 0.376 e. The van der Waals surface area contributed by atoms with Crippen molar-refractivity contribution in [3.8, 4) is 0 Å². The van der Waals surface area contributed by atoms with E-state index in [1.54, 1.807) is 0 Å². The lowest BCUT2D eigenvalue weighted by Crippen LogP contribution is -2.36. The van der Waals surface area contributed by atoms with Gasteiger partial charge in [0.25, 0.3) is 0 Å². The number of ether oxygens (including phenoxy) is 1. The third-order valence-corrected chi connectivity index (χ3v) is 5.06. The molecular weight excluding hydrogens is 238 g/mol. The van der Waals surface area contributed by atoms with Crippen molar-refractivity contribution in [1.29, 1.82) is 0 Å². The molecule has 1 aliphatic rings. The summed E-state index contributed by atoms with van der Waals surface area (Å²) in [7, 11) is -2.92. The monoisotopic (exact) mass is 263 g/mol. The number of hydrogen-bond donors (Lipinski definition) is 1. The van der Waals surface area contributed by atoms with E-state index < -0.39 is 9.84 Å². The maximum atomic E-state index is 11.5. The lowest BCUT2D eigenvalue weighted by molar-refractivity contribution is 0.0410. The van der Waals surface area contributed by atoms with Crippen LogP contribution in [0.5, 0.6) is 0 Å². The van der Waals surface area contributed by atoms with Gasteiger partial charge in [-0.15, -0.1) is 0 Å². The smallest absolute Gasteiger partial charge is 0.152 e. The Morgan fingerprint density at radius 1 is 1.18 bits per heavy atom. The van der Waals surface area contributed by atoms with E-state index in [1.165, 1.54) is 6.42 Å². The molecular formula is C12H25NO3S. The van der Waals surface area contributed by atoms with Crippen LogP contribution in [0, 0.1) is 0 Å². The molecule has 0 heterocycles. The maximum absolute atomic E-state index is 11.5. The number of rotatable bonds is 6. The standard InChI is InChI=1S/C12H25NO3S/c1-2-9-17(14,15)10-8-16-12-7-5-3-4-6-11(12)13/h11-12H,2-10,13H2,1H3. The van der Waals surface area contributed by atoms with Crippen LogP contribution in [0.25, 0.3) is 0 Å². The molecule has 0 spiro atoms. The van der Waals surface area contributed by atoms with Gasteiger partial charge in [-0.25, -0.2) is 8.42 Å². The molecule has 1 fully saturated rings. The first-order valence-corrected chi connectivity index (χ1v) is 8.45. The molecule has 2 unspecified atom stereocenters. The fraction of sp³-hybridized carbons (Fsp3) is 1.00. The molecule has 1 rings (SSSR count). The molecule has 0 amide bonds. The van der Waals surface area contributed by atoms with E-state index in [-0.39, 0.29) is 23.7 Å². The molecule has 102 valence electrons. The Hall–Kier alpha value is -0.130. The van der Waals surface area contributed by atoms with Crippen molar-refractivity contribution in [3.05, 3.63) is 0 Å². The topological polar surface area (TPSA) is 69.4 Å². The van der Waals surface area contributed by atoms with Gasteiger partial charge in [-0.05, 0) is 19.3 Å². The van der Waals surface area contributed by atoms with E-state index in [0.29, 0.717) is 13.0 Å².